The summed E-state index contributed by atoms with van der Waals surface area (Å²) in [4.78, 5) is 52.6. The summed E-state index contributed by atoms with van der Waals surface area (Å²) in [7, 11) is -5.01. The molecule has 0 heterocycles. The van der Waals surface area contributed by atoms with E-state index in [-0.39, 0.29) is 24.4 Å². The summed E-state index contributed by atoms with van der Waals surface area (Å²) in [6.07, 6.45) is 5.62. The Labute approximate surface area is 117 Å². The molecule has 0 atom stereocenters. The molecule has 0 aliphatic carbocycles. The molecule has 0 saturated heterocycles. The van der Waals surface area contributed by atoms with E-state index in [0.717, 1.165) is 0 Å². The molecule has 1 aromatic rings. The van der Waals surface area contributed by atoms with Gasteiger partial charge in [0.25, 0.3) is 0 Å². The first-order chi connectivity index (χ1) is 9.34. The lowest BCUT2D eigenvalue weighted by atomic mass is 10.1. The largest absolute Gasteiger partial charge is 0.653 e. The van der Waals surface area contributed by atoms with Gasteiger partial charge in [0, 0.05) is 19.4 Å². The van der Waals surface area contributed by atoms with Gasteiger partial charge in [-0.05, 0) is 17.7 Å². The van der Waals surface area contributed by atoms with Crippen molar-refractivity contribution in [2.45, 2.75) is 19.4 Å². The van der Waals surface area contributed by atoms with Crippen LogP contribution < -0.4 is 15.1 Å². The van der Waals surface area contributed by atoms with Gasteiger partial charge in [0.2, 0.25) is 5.91 Å². The van der Waals surface area contributed by atoms with E-state index in [4.69, 9.17) is 11.3 Å². The molecule has 6 nitrogen and oxygen atoms in total. The van der Waals surface area contributed by atoms with Crippen molar-refractivity contribution < 1.29 is 24.3 Å². The molecule has 1 amide bonds. The number of carbonyl (C=O) groups excluding carboxylic acids is 2. The van der Waals surface area contributed by atoms with Crippen molar-refractivity contribution in [1.29, 1.82) is 0 Å². The van der Waals surface area contributed by atoms with Crippen molar-refractivity contribution in [3.63, 3.8) is 0 Å². The highest BCUT2D eigenvalue weighted by atomic mass is 31.2. The zero-order valence-electron chi connectivity index (χ0n) is 10.5. The molecule has 0 fully saturated rings. The average Bonchev–Trinajstić information content (AvgIpc) is 2.41. The molecule has 0 aliphatic heterocycles. The van der Waals surface area contributed by atoms with E-state index < -0.39 is 13.5 Å². The number of amides is 1. The SMILES string of the molecule is C#CCCC(=O)NCc1ccc(C(=O)[P+]([O-])([O-])O)cc1. The molecule has 1 aromatic carbocycles. The summed E-state index contributed by atoms with van der Waals surface area (Å²) < 4.78 is 0. The minimum Gasteiger partial charge on any atom is -0.653 e. The fourth-order valence-electron chi connectivity index (χ4n) is 1.40. The van der Waals surface area contributed by atoms with Crippen LogP contribution in [0.15, 0.2) is 24.3 Å². The second kappa shape index (κ2) is 7.13. The highest BCUT2D eigenvalue weighted by Gasteiger charge is 2.23. The molecule has 2 N–H and O–H groups in total. The van der Waals surface area contributed by atoms with Crippen LogP contribution in [0.3, 0.4) is 0 Å². The Morgan fingerprint density at radius 1 is 1.30 bits per heavy atom. The van der Waals surface area contributed by atoms with Crippen LogP contribution in [0.25, 0.3) is 0 Å². The number of carbonyl (C=O) groups is 2. The average molecular weight is 294 g/mol. The Balaban J connectivity index is 2.58. The van der Waals surface area contributed by atoms with Crippen LogP contribution in [0.2, 0.25) is 0 Å². The van der Waals surface area contributed by atoms with Crippen molar-refractivity contribution >= 4 is 19.4 Å². The zero-order chi connectivity index (χ0) is 15.2. The summed E-state index contributed by atoms with van der Waals surface area (Å²) in [6.45, 7) is 0.242. The fraction of sp³-hybridized carbons (Fsp3) is 0.231. The molecule has 7 heteroatoms. The lowest BCUT2D eigenvalue weighted by molar-refractivity contribution is -0.325. The highest BCUT2D eigenvalue weighted by molar-refractivity contribution is 7.74. The third-order valence-corrected chi connectivity index (χ3v) is 3.22. The number of hydrogen-bond acceptors (Lipinski definition) is 5. The van der Waals surface area contributed by atoms with E-state index in [0.29, 0.717) is 12.0 Å². The molecule has 106 valence electrons. The van der Waals surface area contributed by atoms with Crippen LogP contribution in [0.1, 0.15) is 28.8 Å². The van der Waals surface area contributed by atoms with Gasteiger partial charge in [-0.2, -0.15) is 0 Å². The van der Waals surface area contributed by atoms with Crippen LogP contribution in [0.5, 0.6) is 0 Å². The van der Waals surface area contributed by atoms with Gasteiger partial charge in [-0.25, -0.2) is 4.79 Å². The molecule has 1 rings (SSSR count). The Morgan fingerprint density at radius 3 is 2.40 bits per heavy atom. The maximum atomic E-state index is 11.3. The lowest BCUT2D eigenvalue weighted by Crippen LogP contribution is -2.28. The molecule has 20 heavy (non-hydrogen) atoms. The quantitative estimate of drug-likeness (QED) is 0.534. The molecular weight excluding hydrogens is 281 g/mol. The van der Waals surface area contributed by atoms with E-state index in [1.165, 1.54) is 24.3 Å². The van der Waals surface area contributed by atoms with Crippen LogP contribution in [0.4, 0.5) is 0 Å². The van der Waals surface area contributed by atoms with Crippen LogP contribution in [-0.4, -0.2) is 16.3 Å². The smallest absolute Gasteiger partial charge is 0.316 e. The third kappa shape index (κ3) is 5.08. The van der Waals surface area contributed by atoms with E-state index in [9.17, 15) is 19.4 Å². The van der Waals surface area contributed by atoms with E-state index in [2.05, 4.69) is 11.2 Å². The lowest BCUT2D eigenvalue weighted by Gasteiger charge is -2.24. The van der Waals surface area contributed by atoms with Crippen LogP contribution in [0, 0.1) is 12.3 Å². The summed E-state index contributed by atoms with van der Waals surface area (Å²) in [5.41, 5.74) is -0.773. The molecule has 0 spiro atoms. The minimum atomic E-state index is -5.01. The molecule has 0 bridgehead atoms. The van der Waals surface area contributed by atoms with Gasteiger partial charge >= 0.3 is 5.52 Å². The predicted octanol–water partition coefficient (Wildman–Crippen LogP) is -0.668. The van der Waals surface area contributed by atoms with E-state index >= 15 is 0 Å². The van der Waals surface area contributed by atoms with E-state index in [1.807, 2.05) is 0 Å². The zero-order valence-corrected chi connectivity index (χ0v) is 11.4. The summed E-state index contributed by atoms with van der Waals surface area (Å²) >= 11 is 0. The second-order valence-electron chi connectivity index (χ2n) is 4.00. The van der Waals surface area contributed by atoms with Crippen molar-refractivity contribution in [3.8, 4) is 12.3 Å². The van der Waals surface area contributed by atoms with Crippen LogP contribution >= 0.6 is 7.94 Å². The molecule has 0 radical (unpaired) electrons. The predicted molar refractivity (Wildman–Crippen MR) is 69.8 cm³/mol. The van der Waals surface area contributed by atoms with Gasteiger partial charge in [0.1, 0.15) is 7.94 Å². The second-order valence-corrected chi connectivity index (χ2v) is 5.45. The molecule has 0 aromatic heterocycles. The van der Waals surface area contributed by atoms with Gasteiger partial charge in [0.15, 0.2) is 0 Å². The molecule has 0 saturated carbocycles. The first-order valence-electron chi connectivity index (χ1n) is 5.72. The Kier molecular flexibility index (Phi) is 5.81. The topological polar surface area (TPSA) is 113 Å². The normalized spacial score (nSPS) is 10.7. The van der Waals surface area contributed by atoms with Crippen LogP contribution in [-0.2, 0) is 11.3 Å². The number of terminal acetylenes is 1. The number of hydrogen-bond donors (Lipinski definition) is 2. The van der Waals surface area contributed by atoms with Gasteiger partial charge in [-0.3, -0.25) is 9.69 Å². The standard InChI is InChI=1S/C13H14NO5P/c1-2-3-4-12(15)14-9-10-5-7-11(8-6-10)13(16)20(17,18)19/h1,5-8H,3-4,9H2,(H,14,15)(H2,17,18,19)/p-1. The van der Waals surface area contributed by atoms with Gasteiger partial charge in [-0.1, -0.05) is 12.1 Å². The molecule has 0 aliphatic rings. The maximum Gasteiger partial charge on any atom is 0.316 e. The van der Waals surface area contributed by atoms with Gasteiger partial charge in [0.05, 0.1) is 5.56 Å². The maximum absolute atomic E-state index is 11.3. The number of benzene rings is 1. The van der Waals surface area contributed by atoms with Gasteiger partial charge < -0.3 is 15.1 Å². The first-order valence-corrected chi connectivity index (χ1v) is 7.30. The molecule has 0 unspecified atom stereocenters. The summed E-state index contributed by atoms with van der Waals surface area (Å²) in [6, 6.07) is 5.52. The van der Waals surface area contributed by atoms with Gasteiger partial charge in [-0.15, -0.1) is 12.3 Å². The summed E-state index contributed by atoms with van der Waals surface area (Å²) in [5.74, 6) is 2.16. The highest BCUT2D eigenvalue weighted by Crippen LogP contribution is 2.38. The van der Waals surface area contributed by atoms with Crippen molar-refractivity contribution in [3.05, 3.63) is 35.4 Å². The number of nitrogens with one attached hydrogen (secondary N) is 1. The Bertz CT molecular complexity index is 527. The van der Waals surface area contributed by atoms with Crippen molar-refractivity contribution in [2.24, 2.45) is 0 Å². The Hall–Kier alpha value is -1.77. The fourth-order valence-corrected chi connectivity index (χ4v) is 1.88. The van der Waals surface area contributed by atoms with E-state index in [1.54, 1.807) is 0 Å². The third-order valence-electron chi connectivity index (χ3n) is 2.44. The monoisotopic (exact) mass is 294 g/mol. The van der Waals surface area contributed by atoms with Crippen molar-refractivity contribution in [2.75, 3.05) is 0 Å². The summed E-state index contributed by atoms with van der Waals surface area (Å²) in [5, 5.41) is 2.63. The first kappa shape index (κ1) is 16.3. The Morgan fingerprint density at radius 2 is 1.90 bits per heavy atom. The molecular formula is C13H13NO5P-. The number of rotatable bonds is 6. The minimum absolute atomic E-state index is 0.131. The van der Waals surface area contributed by atoms with Crippen molar-refractivity contribution in [1.82, 2.24) is 5.32 Å².